The Morgan fingerprint density at radius 1 is 1.27 bits per heavy atom. The average molecular weight is 360 g/mol. The van der Waals surface area contributed by atoms with Crippen LogP contribution < -0.4 is 5.32 Å². The summed E-state index contributed by atoms with van der Waals surface area (Å²) in [6, 6.07) is 8.11. The zero-order chi connectivity index (χ0) is 18.7. The number of aliphatic hydroxyl groups excluding tert-OH is 1. The van der Waals surface area contributed by atoms with Crippen molar-refractivity contribution >= 4 is 11.6 Å². The maximum absolute atomic E-state index is 12.9. The molecule has 4 nitrogen and oxygen atoms in total. The highest BCUT2D eigenvalue weighted by Gasteiger charge is 2.40. The number of rotatable bonds is 6. The maximum Gasteiger partial charge on any atom is 0.227 e. The zero-order valence-corrected chi connectivity index (χ0v) is 16.3. The number of hydrogen-bond donors (Lipinski definition) is 2. The van der Waals surface area contributed by atoms with E-state index in [1.807, 2.05) is 12.1 Å². The molecule has 0 radical (unpaired) electrons. The van der Waals surface area contributed by atoms with Crippen LogP contribution in [0.1, 0.15) is 52.0 Å². The third kappa shape index (κ3) is 3.96. The summed E-state index contributed by atoms with van der Waals surface area (Å²) in [7, 11) is 0. The van der Waals surface area contributed by atoms with Crippen molar-refractivity contribution in [2.75, 3.05) is 25.1 Å². The summed E-state index contributed by atoms with van der Waals surface area (Å²) in [6.45, 7) is 8.21. The molecule has 1 heterocycles. The largest absolute Gasteiger partial charge is 0.396 e. The van der Waals surface area contributed by atoms with Gasteiger partial charge in [-0.3, -0.25) is 4.79 Å². The van der Waals surface area contributed by atoms with Crippen molar-refractivity contribution in [1.29, 1.82) is 0 Å². The van der Waals surface area contributed by atoms with Gasteiger partial charge in [0.1, 0.15) is 0 Å². The molecule has 1 saturated heterocycles. The van der Waals surface area contributed by atoms with E-state index in [2.05, 4.69) is 38.2 Å². The van der Waals surface area contributed by atoms with Crippen LogP contribution in [0.4, 0.5) is 5.69 Å². The van der Waals surface area contributed by atoms with Crippen molar-refractivity contribution in [3.63, 3.8) is 0 Å². The summed E-state index contributed by atoms with van der Waals surface area (Å²) in [4.78, 5) is 12.9. The third-order valence-electron chi connectivity index (χ3n) is 6.47. The van der Waals surface area contributed by atoms with Crippen LogP contribution in [0.2, 0.25) is 0 Å². The van der Waals surface area contributed by atoms with Crippen molar-refractivity contribution in [3.8, 4) is 0 Å². The molecule has 1 saturated carbocycles. The molecular weight excluding hydrogens is 326 g/mol. The molecule has 2 N–H and O–H groups in total. The first-order chi connectivity index (χ1) is 12.4. The van der Waals surface area contributed by atoms with Gasteiger partial charge in [-0.1, -0.05) is 39.3 Å². The van der Waals surface area contributed by atoms with E-state index in [1.165, 1.54) is 12.0 Å². The summed E-state index contributed by atoms with van der Waals surface area (Å²) < 4.78 is 5.38. The van der Waals surface area contributed by atoms with E-state index >= 15 is 0 Å². The molecule has 0 aromatic heterocycles. The molecule has 0 spiro atoms. The van der Waals surface area contributed by atoms with Crippen molar-refractivity contribution in [2.45, 2.75) is 51.9 Å². The molecule has 26 heavy (non-hydrogen) atoms. The van der Waals surface area contributed by atoms with Crippen molar-refractivity contribution < 1.29 is 14.6 Å². The lowest BCUT2D eigenvalue weighted by Gasteiger charge is -2.41. The van der Waals surface area contributed by atoms with E-state index < -0.39 is 0 Å². The lowest BCUT2D eigenvalue weighted by molar-refractivity contribution is -0.123. The Hall–Kier alpha value is -1.39. The monoisotopic (exact) mass is 359 g/mol. The fourth-order valence-corrected chi connectivity index (χ4v) is 4.66. The summed E-state index contributed by atoms with van der Waals surface area (Å²) in [5.41, 5.74) is 1.99. The van der Waals surface area contributed by atoms with Gasteiger partial charge in [-0.05, 0) is 54.7 Å². The number of hydrogen-bond acceptors (Lipinski definition) is 3. The van der Waals surface area contributed by atoms with Crippen LogP contribution in [0.25, 0.3) is 0 Å². The predicted molar refractivity (Wildman–Crippen MR) is 104 cm³/mol. The Morgan fingerprint density at radius 3 is 2.50 bits per heavy atom. The van der Waals surface area contributed by atoms with Gasteiger partial charge in [0.25, 0.3) is 0 Å². The van der Waals surface area contributed by atoms with Gasteiger partial charge in [0.2, 0.25) is 5.91 Å². The Labute approximate surface area is 157 Å². The smallest absolute Gasteiger partial charge is 0.227 e. The second-order valence-electron chi connectivity index (χ2n) is 8.75. The van der Waals surface area contributed by atoms with E-state index in [1.54, 1.807) is 0 Å². The van der Waals surface area contributed by atoms with Gasteiger partial charge in [0.15, 0.2) is 0 Å². The minimum absolute atomic E-state index is 0.0567. The van der Waals surface area contributed by atoms with Gasteiger partial charge in [-0.15, -0.1) is 0 Å². The molecule has 0 bridgehead atoms. The lowest BCUT2D eigenvalue weighted by atomic mass is 9.70. The highest BCUT2D eigenvalue weighted by molar-refractivity contribution is 5.92. The van der Waals surface area contributed by atoms with Crippen LogP contribution in [0.5, 0.6) is 0 Å². The molecule has 1 amide bonds. The highest BCUT2D eigenvalue weighted by Crippen LogP contribution is 2.39. The number of ether oxygens (including phenoxy) is 1. The molecule has 1 aromatic carbocycles. The zero-order valence-electron chi connectivity index (χ0n) is 16.3. The first-order valence-electron chi connectivity index (χ1n) is 10.1. The number of carbonyl (C=O) groups is 1. The van der Waals surface area contributed by atoms with E-state index in [9.17, 15) is 9.90 Å². The Bertz CT molecular complexity index is 606. The summed E-state index contributed by atoms with van der Waals surface area (Å²) >= 11 is 0. The van der Waals surface area contributed by atoms with Gasteiger partial charge in [0.05, 0.1) is 13.2 Å². The fraction of sp³-hybridized carbons (Fsp3) is 0.682. The van der Waals surface area contributed by atoms with Gasteiger partial charge >= 0.3 is 0 Å². The minimum Gasteiger partial charge on any atom is -0.396 e. The van der Waals surface area contributed by atoms with Gasteiger partial charge < -0.3 is 15.2 Å². The summed E-state index contributed by atoms with van der Waals surface area (Å²) in [5.74, 6) is 1.92. The van der Waals surface area contributed by atoms with Gasteiger partial charge in [0, 0.05) is 23.6 Å². The van der Waals surface area contributed by atoms with E-state index in [0.29, 0.717) is 31.0 Å². The molecule has 1 aliphatic carbocycles. The SMILES string of the molecule is CC(C)[C@@H]1CC[C@@H](C)C[C@H]1C(=O)Nc1ccc(C2(CCO)COC2)cc1. The van der Waals surface area contributed by atoms with Crippen LogP contribution in [0.15, 0.2) is 24.3 Å². The van der Waals surface area contributed by atoms with Gasteiger partial charge in [-0.25, -0.2) is 0 Å². The number of amides is 1. The summed E-state index contributed by atoms with van der Waals surface area (Å²) in [5, 5.41) is 12.5. The first-order valence-corrected chi connectivity index (χ1v) is 10.1. The molecule has 1 aliphatic heterocycles. The maximum atomic E-state index is 12.9. The van der Waals surface area contributed by atoms with E-state index in [-0.39, 0.29) is 23.8 Å². The number of benzene rings is 1. The predicted octanol–water partition coefficient (Wildman–Crippen LogP) is 3.98. The second-order valence-corrected chi connectivity index (χ2v) is 8.75. The van der Waals surface area contributed by atoms with Crippen LogP contribution >= 0.6 is 0 Å². The molecule has 144 valence electrons. The number of anilines is 1. The van der Waals surface area contributed by atoms with Crippen molar-refractivity contribution in [1.82, 2.24) is 0 Å². The molecule has 2 aliphatic rings. The average Bonchev–Trinajstić information content (AvgIpc) is 2.58. The Kier molecular flexibility index (Phi) is 6.03. The van der Waals surface area contributed by atoms with Crippen molar-refractivity contribution in [3.05, 3.63) is 29.8 Å². The Balaban J connectivity index is 1.67. The van der Waals surface area contributed by atoms with Crippen LogP contribution in [0, 0.1) is 23.7 Å². The highest BCUT2D eigenvalue weighted by atomic mass is 16.5. The fourth-order valence-electron chi connectivity index (χ4n) is 4.66. The van der Waals surface area contributed by atoms with Crippen LogP contribution in [0.3, 0.4) is 0 Å². The lowest BCUT2D eigenvalue weighted by Crippen LogP contribution is -2.47. The topological polar surface area (TPSA) is 58.6 Å². The van der Waals surface area contributed by atoms with Crippen molar-refractivity contribution in [2.24, 2.45) is 23.7 Å². The minimum atomic E-state index is -0.0567. The van der Waals surface area contributed by atoms with Gasteiger partial charge in [-0.2, -0.15) is 0 Å². The van der Waals surface area contributed by atoms with E-state index in [0.717, 1.165) is 24.9 Å². The molecule has 3 atom stereocenters. The standard InChI is InChI=1S/C22H33NO3/c1-15(2)19-9-4-16(3)12-20(19)21(25)23-18-7-5-17(6-8-18)22(10-11-24)13-26-14-22/h5-8,15-16,19-20,24H,4,9-14H2,1-3H3,(H,23,25)/t16-,19+,20-/m1/s1. The number of carbonyl (C=O) groups excluding carboxylic acids is 1. The Morgan fingerprint density at radius 2 is 1.96 bits per heavy atom. The molecule has 4 heteroatoms. The molecule has 3 rings (SSSR count). The second kappa shape index (κ2) is 8.10. The molecular formula is C22H33NO3. The van der Waals surface area contributed by atoms with Crippen LogP contribution in [-0.2, 0) is 14.9 Å². The molecule has 1 aromatic rings. The van der Waals surface area contributed by atoms with Crippen LogP contribution in [-0.4, -0.2) is 30.8 Å². The molecule has 0 unspecified atom stereocenters. The normalized spacial score (nSPS) is 27.8. The van der Waals surface area contributed by atoms with E-state index in [4.69, 9.17) is 4.74 Å². The third-order valence-corrected chi connectivity index (χ3v) is 6.47. The number of aliphatic hydroxyl groups is 1. The summed E-state index contributed by atoms with van der Waals surface area (Å²) in [6.07, 6.45) is 4.09. The quantitative estimate of drug-likeness (QED) is 0.807. The molecule has 2 fully saturated rings. The first kappa shape index (κ1) is 19.4. The number of nitrogens with one attached hydrogen (secondary N) is 1.